The Morgan fingerprint density at radius 2 is 2.11 bits per heavy atom. The van der Waals surface area contributed by atoms with Gasteiger partial charge in [-0.2, -0.15) is 5.10 Å². The van der Waals surface area contributed by atoms with Gasteiger partial charge in [-0.1, -0.05) is 11.6 Å². The highest BCUT2D eigenvalue weighted by Crippen LogP contribution is 2.15. The lowest BCUT2D eigenvalue weighted by Crippen LogP contribution is -2.05. The Morgan fingerprint density at radius 3 is 2.79 bits per heavy atom. The Hall–Kier alpha value is -1.33. The van der Waals surface area contributed by atoms with Gasteiger partial charge in [-0.05, 0) is 49.8 Å². The van der Waals surface area contributed by atoms with E-state index in [0.29, 0.717) is 16.4 Å². The first-order chi connectivity index (χ1) is 9.20. The largest absolute Gasteiger partial charge is 0.494 e. The molecule has 1 heterocycles. The van der Waals surface area contributed by atoms with Crippen LogP contribution >= 0.6 is 23.8 Å². The molecule has 0 aliphatic heterocycles. The summed E-state index contributed by atoms with van der Waals surface area (Å²) in [6, 6.07) is 7.37. The SMILES string of the molecule is CCn1c(CCCOc2ccc(Cl)cc2)n[nH]c1=S. The molecule has 6 heteroatoms. The Kier molecular flexibility index (Phi) is 4.99. The van der Waals surface area contributed by atoms with Gasteiger partial charge in [-0.15, -0.1) is 0 Å². The van der Waals surface area contributed by atoms with Crippen LogP contribution < -0.4 is 4.74 Å². The number of nitrogens with one attached hydrogen (secondary N) is 1. The molecule has 0 unspecified atom stereocenters. The van der Waals surface area contributed by atoms with Crippen molar-refractivity contribution in [2.24, 2.45) is 0 Å². The van der Waals surface area contributed by atoms with E-state index in [0.717, 1.165) is 31.0 Å². The molecule has 0 fully saturated rings. The topological polar surface area (TPSA) is 42.8 Å². The third-order valence-electron chi connectivity index (χ3n) is 2.78. The van der Waals surface area contributed by atoms with Crippen LogP contribution in [0.2, 0.25) is 5.02 Å². The van der Waals surface area contributed by atoms with Gasteiger partial charge in [0.15, 0.2) is 4.77 Å². The summed E-state index contributed by atoms with van der Waals surface area (Å²) in [6.45, 7) is 3.53. The third-order valence-corrected chi connectivity index (χ3v) is 3.34. The molecule has 1 aromatic carbocycles. The van der Waals surface area contributed by atoms with Gasteiger partial charge in [-0.3, -0.25) is 5.10 Å². The van der Waals surface area contributed by atoms with Crippen LogP contribution in [0.4, 0.5) is 0 Å². The van der Waals surface area contributed by atoms with Crippen LogP contribution in [0.3, 0.4) is 0 Å². The third kappa shape index (κ3) is 3.81. The van der Waals surface area contributed by atoms with Crippen molar-refractivity contribution in [2.45, 2.75) is 26.3 Å². The number of nitrogens with zero attached hydrogens (tertiary/aromatic N) is 2. The average Bonchev–Trinajstić information content (AvgIpc) is 2.77. The van der Waals surface area contributed by atoms with E-state index in [4.69, 9.17) is 28.6 Å². The fraction of sp³-hybridized carbons (Fsp3) is 0.385. The summed E-state index contributed by atoms with van der Waals surface area (Å²) in [5.74, 6) is 1.81. The molecule has 2 aromatic rings. The second-order valence-corrected chi connectivity index (χ2v) is 4.92. The van der Waals surface area contributed by atoms with Crippen molar-refractivity contribution in [2.75, 3.05) is 6.61 Å². The van der Waals surface area contributed by atoms with Crippen molar-refractivity contribution in [3.63, 3.8) is 0 Å². The molecule has 102 valence electrons. The minimum Gasteiger partial charge on any atom is -0.494 e. The van der Waals surface area contributed by atoms with E-state index >= 15 is 0 Å². The summed E-state index contributed by atoms with van der Waals surface area (Å²) >= 11 is 10.9. The maximum Gasteiger partial charge on any atom is 0.195 e. The molecule has 2 rings (SSSR count). The van der Waals surface area contributed by atoms with Gasteiger partial charge >= 0.3 is 0 Å². The zero-order valence-electron chi connectivity index (χ0n) is 10.7. The molecule has 0 atom stereocenters. The highest BCUT2D eigenvalue weighted by atomic mass is 35.5. The molecular formula is C13H16ClN3OS. The minimum atomic E-state index is 0.644. The Bertz CT molecular complexity index is 576. The summed E-state index contributed by atoms with van der Waals surface area (Å²) in [6.07, 6.45) is 1.73. The van der Waals surface area contributed by atoms with Gasteiger partial charge in [-0.25, -0.2) is 0 Å². The summed E-state index contributed by atoms with van der Waals surface area (Å²) in [4.78, 5) is 0. The number of rotatable bonds is 6. The molecule has 0 bridgehead atoms. The molecule has 4 nitrogen and oxygen atoms in total. The number of benzene rings is 1. The van der Waals surface area contributed by atoms with Crippen LogP contribution in [-0.2, 0) is 13.0 Å². The number of hydrogen-bond donors (Lipinski definition) is 1. The summed E-state index contributed by atoms with van der Waals surface area (Å²) in [7, 11) is 0. The van der Waals surface area contributed by atoms with Crippen molar-refractivity contribution in [3.05, 3.63) is 39.9 Å². The fourth-order valence-electron chi connectivity index (χ4n) is 1.82. The van der Waals surface area contributed by atoms with Gasteiger partial charge in [0.25, 0.3) is 0 Å². The standard InChI is InChI=1S/C13H16ClN3OS/c1-2-17-12(15-16-13(17)19)4-3-9-18-11-7-5-10(14)6-8-11/h5-8H,2-4,9H2,1H3,(H,16,19). The monoisotopic (exact) mass is 297 g/mol. The van der Waals surface area contributed by atoms with Gasteiger partial charge in [0.2, 0.25) is 0 Å². The number of aryl methyl sites for hydroxylation is 1. The first-order valence-electron chi connectivity index (χ1n) is 6.23. The average molecular weight is 298 g/mol. The fourth-order valence-corrected chi connectivity index (χ4v) is 2.22. The maximum atomic E-state index is 5.81. The molecule has 0 amide bonds. The van der Waals surface area contributed by atoms with Gasteiger partial charge in [0.1, 0.15) is 11.6 Å². The van der Waals surface area contributed by atoms with Crippen molar-refractivity contribution in [1.29, 1.82) is 0 Å². The predicted molar refractivity (Wildman–Crippen MR) is 78.4 cm³/mol. The summed E-state index contributed by atoms with van der Waals surface area (Å²) in [5, 5.41) is 7.74. The number of ether oxygens (including phenoxy) is 1. The lowest BCUT2D eigenvalue weighted by molar-refractivity contribution is 0.309. The lowest BCUT2D eigenvalue weighted by atomic mass is 10.3. The molecule has 0 radical (unpaired) electrons. The van der Waals surface area contributed by atoms with Crippen LogP contribution in [0.15, 0.2) is 24.3 Å². The second-order valence-electron chi connectivity index (χ2n) is 4.10. The maximum absolute atomic E-state index is 5.81. The van der Waals surface area contributed by atoms with E-state index in [1.807, 2.05) is 28.8 Å². The summed E-state index contributed by atoms with van der Waals surface area (Å²) < 4.78 is 8.31. The number of H-pyrrole nitrogens is 1. The molecule has 0 aliphatic rings. The molecule has 19 heavy (non-hydrogen) atoms. The minimum absolute atomic E-state index is 0.644. The van der Waals surface area contributed by atoms with Crippen molar-refractivity contribution in [1.82, 2.24) is 14.8 Å². The molecule has 1 aromatic heterocycles. The molecule has 0 saturated carbocycles. The molecular weight excluding hydrogens is 282 g/mol. The zero-order chi connectivity index (χ0) is 13.7. The van der Waals surface area contributed by atoms with Crippen molar-refractivity contribution in [3.8, 4) is 5.75 Å². The van der Waals surface area contributed by atoms with Crippen LogP contribution in [0.25, 0.3) is 0 Å². The Balaban J connectivity index is 1.80. The first-order valence-corrected chi connectivity index (χ1v) is 7.01. The molecule has 0 aliphatic carbocycles. The van der Waals surface area contributed by atoms with Crippen LogP contribution in [0, 0.1) is 4.77 Å². The van der Waals surface area contributed by atoms with E-state index in [1.54, 1.807) is 0 Å². The molecule has 0 saturated heterocycles. The van der Waals surface area contributed by atoms with Gasteiger partial charge in [0, 0.05) is 18.0 Å². The predicted octanol–water partition coefficient (Wildman–Crippen LogP) is 3.63. The van der Waals surface area contributed by atoms with E-state index < -0.39 is 0 Å². The molecule has 0 spiro atoms. The smallest absolute Gasteiger partial charge is 0.195 e. The van der Waals surface area contributed by atoms with E-state index in [9.17, 15) is 0 Å². The summed E-state index contributed by atoms with van der Waals surface area (Å²) in [5.41, 5.74) is 0. The van der Waals surface area contributed by atoms with Crippen LogP contribution in [-0.4, -0.2) is 21.4 Å². The Morgan fingerprint density at radius 1 is 1.37 bits per heavy atom. The second kappa shape index (κ2) is 6.73. The van der Waals surface area contributed by atoms with Crippen molar-refractivity contribution < 1.29 is 4.74 Å². The zero-order valence-corrected chi connectivity index (χ0v) is 12.3. The van der Waals surface area contributed by atoms with Crippen molar-refractivity contribution >= 4 is 23.8 Å². The quantitative estimate of drug-likeness (QED) is 0.654. The normalized spacial score (nSPS) is 10.6. The van der Waals surface area contributed by atoms with Gasteiger partial charge < -0.3 is 9.30 Å². The molecule has 1 N–H and O–H groups in total. The highest BCUT2D eigenvalue weighted by molar-refractivity contribution is 7.71. The number of hydrogen-bond acceptors (Lipinski definition) is 3. The Labute approximate surface area is 122 Å². The van der Waals surface area contributed by atoms with Gasteiger partial charge in [0.05, 0.1) is 6.61 Å². The lowest BCUT2D eigenvalue weighted by Gasteiger charge is -2.06. The van der Waals surface area contributed by atoms with E-state index in [2.05, 4.69) is 17.1 Å². The number of aromatic nitrogens is 3. The van der Waals surface area contributed by atoms with Crippen LogP contribution in [0.5, 0.6) is 5.75 Å². The van der Waals surface area contributed by atoms with E-state index in [1.165, 1.54) is 0 Å². The van der Waals surface area contributed by atoms with E-state index in [-0.39, 0.29) is 0 Å². The first kappa shape index (κ1) is 14.1. The number of aromatic amines is 1. The van der Waals surface area contributed by atoms with Crippen LogP contribution in [0.1, 0.15) is 19.2 Å². The number of halogens is 1. The highest BCUT2D eigenvalue weighted by Gasteiger charge is 2.04.